The summed E-state index contributed by atoms with van der Waals surface area (Å²) in [6, 6.07) is 0.0922. The van der Waals surface area contributed by atoms with E-state index in [9.17, 15) is 13.2 Å². The molecule has 1 amide bonds. The number of carbonyl (C=O) groups excluding carboxylic acids is 1. The third-order valence-electron chi connectivity index (χ3n) is 4.92. The number of likely N-dealkylation sites (N-methyl/N-ethyl adjacent to an activating group) is 1. The second-order valence-corrected chi connectivity index (χ2v) is 8.66. The molecule has 0 spiro atoms. The van der Waals surface area contributed by atoms with Gasteiger partial charge in [0.1, 0.15) is 0 Å². The molecular weight excluding hydrogens is 302 g/mol. The van der Waals surface area contributed by atoms with Crippen LogP contribution in [0.2, 0.25) is 0 Å². The number of hydrogen-bond acceptors (Lipinski definition) is 4. The van der Waals surface area contributed by atoms with Crippen molar-refractivity contribution in [1.82, 2.24) is 14.9 Å². The van der Waals surface area contributed by atoms with Gasteiger partial charge in [0.2, 0.25) is 15.9 Å². The fraction of sp³-hybridized carbons (Fsp3) is 0.933. The third kappa shape index (κ3) is 4.43. The minimum atomic E-state index is -3.36. The highest BCUT2D eigenvalue weighted by Crippen LogP contribution is 2.28. The lowest BCUT2D eigenvalue weighted by Gasteiger charge is -2.34. The number of carbonyl (C=O) groups is 1. The van der Waals surface area contributed by atoms with Crippen LogP contribution in [0.1, 0.15) is 45.4 Å². The summed E-state index contributed by atoms with van der Waals surface area (Å²) in [4.78, 5) is 14.3. The first kappa shape index (κ1) is 17.7. The monoisotopic (exact) mass is 331 g/mol. The summed E-state index contributed by atoms with van der Waals surface area (Å²) in [5.41, 5.74) is 0. The number of piperidine rings is 1. The van der Waals surface area contributed by atoms with E-state index in [0.717, 1.165) is 32.1 Å². The van der Waals surface area contributed by atoms with E-state index >= 15 is 0 Å². The summed E-state index contributed by atoms with van der Waals surface area (Å²) < 4.78 is 27.5. The predicted octanol–water partition coefficient (Wildman–Crippen LogP) is 0.695. The lowest BCUT2D eigenvalue weighted by molar-refractivity contribution is -0.136. The molecule has 1 heterocycles. The SMILES string of the molecule is CNC(C)CNS(=O)(=O)C1CCCN(C(=O)C2CCCC2)C1. The Hall–Kier alpha value is -0.660. The third-order valence-corrected chi connectivity index (χ3v) is 6.75. The summed E-state index contributed by atoms with van der Waals surface area (Å²) >= 11 is 0. The molecule has 7 heteroatoms. The molecule has 6 nitrogen and oxygen atoms in total. The molecular formula is C15H29N3O3S. The average Bonchev–Trinajstić information content (AvgIpc) is 3.06. The van der Waals surface area contributed by atoms with E-state index in [1.54, 1.807) is 4.90 Å². The molecule has 128 valence electrons. The number of sulfonamides is 1. The normalized spacial score (nSPS) is 25.4. The van der Waals surface area contributed by atoms with Gasteiger partial charge in [-0.2, -0.15) is 0 Å². The maximum Gasteiger partial charge on any atom is 0.225 e. The number of nitrogens with one attached hydrogen (secondary N) is 2. The molecule has 2 rings (SSSR count). The predicted molar refractivity (Wildman–Crippen MR) is 87.0 cm³/mol. The average molecular weight is 331 g/mol. The lowest BCUT2D eigenvalue weighted by Crippen LogP contribution is -2.50. The van der Waals surface area contributed by atoms with Gasteiger partial charge in [-0.3, -0.25) is 4.79 Å². The molecule has 1 aliphatic carbocycles. The van der Waals surface area contributed by atoms with Crippen molar-refractivity contribution in [3.8, 4) is 0 Å². The zero-order valence-corrected chi connectivity index (χ0v) is 14.5. The Morgan fingerprint density at radius 3 is 2.55 bits per heavy atom. The van der Waals surface area contributed by atoms with Gasteiger partial charge in [-0.1, -0.05) is 12.8 Å². The number of hydrogen-bond donors (Lipinski definition) is 2. The van der Waals surface area contributed by atoms with E-state index < -0.39 is 15.3 Å². The molecule has 1 aliphatic heterocycles. The maximum atomic E-state index is 12.5. The highest BCUT2D eigenvalue weighted by molar-refractivity contribution is 7.90. The first-order chi connectivity index (χ1) is 10.4. The van der Waals surface area contributed by atoms with E-state index in [-0.39, 0.29) is 17.9 Å². The van der Waals surface area contributed by atoms with Crippen molar-refractivity contribution in [2.45, 2.75) is 56.7 Å². The Morgan fingerprint density at radius 2 is 1.91 bits per heavy atom. The minimum absolute atomic E-state index is 0.0922. The molecule has 0 aromatic carbocycles. The molecule has 2 fully saturated rings. The van der Waals surface area contributed by atoms with Gasteiger partial charge in [0.25, 0.3) is 0 Å². The summed E-state index contributed by atoms with van der Waals surface area (Å²) in [6.45, 7) is 3.36. The van der Waals surface area contributed by atoms with Crippen molar-refractivity contribution >= 4 is 15.9 Å². The quantitative estimate of drug-likeness (QED) is 0.751. The van der Waals surface area contributed by atoms with Crippen LogP contribution in [0.3, 0.4) is 0 Å². The molecule has 0 bridgehead atoms. The first-order valence-corrected chi connectivity index (χ1v) is 9.93. The van der Waals surface area contributed by atoms with Crippen molar-refractivity contribution < 1.29 is 13.2 Å². The molecule has 0 radical (unpaired) electrons. The van der Waals surface area contributed by atoms with Crippen molar-refractivity contribution in [2.75, 3.05) is 26.7 Å². The van der Waals surface area contributed by atoms with Crippen molar-refractivity contribution in [2.24, 2.45) is 5.92 Å². The van der Waals surface area contributed by atoms with E-state index in [1.807, 2.05) is 14.0 Å². The molecule has 0 aromatic heterocycles. The minimum Gasteiger partial charge on any atom is -0.341 e. The number of amides is 1. The Morgan fingerprint density at radius 1 is 1.23 bits per heavy atom. The Balaban J connectivity index is 1.92. The number of nitrogens with zero attached hydrogens (tertiary/aromatic N) is 1. The molecule has 2 N–H and O–H groups in total. The van der Waals surface area contributed by atoms with Crippen LogP contribution in [0.25, 0.3) is 0 Å². The van der Waals surface area contributed by atoms with E-state index in [2.05, 4.69) is 10.0 Å². The van der Waals surface area contributed by atoms with E-state index in [0.29, 0.717) is 26.1 Å². The highest BCUT2D eigenvalue weighted by atomic mass is 32.2. The lowest BCUT2D eigenvalue weighted by atomic mass is 10.0. The zero-order valence-electron chi connectivity index (χ0n) is 13.7. The van der Waals surface area contributed by atoms with Crippen molar-refractivity contribution in [3.05, 3.63) is 0 Å². The Kier molecular flexibility index (Phi) is 6.23. The Labute approximate surface area is 134 Å². The van der Waals surface area contributed by atoms with Crippen LogP contribution in [-0.4, -0.2) is 57.2 Å². The van der Waals surface area contributed by atoms with E-state index in [4.69, 9.17) is 0 Å². The molecule has 2 unspecified atom stereocenters. The summed E-state index contributed by atoms with van der Waals surface area (Å²) in [5, 5.41) is 2.54. The summed E-state index contributed by atoms with van der Waals surface area (Å²) in [5.74, 6) is 0.291. The van der Waals surface area contributed by atoms with Crippen LogP contribution >= 0.6 is 0 Å². The smallest absolute Gasteiger partial charge is 0.225 e. The second kappa shape index (κ2) is 7.75. The fourth-order valence-electron chi connectivity index (χ4n) is 3.28. The van der Waals surface area contributed by atoms with Gasteiger partial charge < -0.3 is 10.2 Å². The van der Waals surface area contributed by atoms with Gasteiger partial charge in [-0.25, -0.2) is 13.1 Å². The maximum absolute atomic E-state index is 12.5. The highest BCUT2D eigenvalue weighted by Gasteiger charge is 2.35. The summed E-state index contributed by atoms with van der Waals surface area (Å²) in [7, 11) is -1.56. The first-order valence-electron chi connectivity index (χ1n) is 8.38. The Bertz CT molecular complexity index is 474. The fourth-order valence-corrected chi connectivity index (χ4v) is 4.85. The van der Waals surface area contributed by atoms with Gasteiger partial charge in [0.05, 0.1) is 5.25 Å². The van der Waals surface area contributed by atoms with Gasteiger partial charge in [0, 0.05) is 31.6 Å². The van der Waals surface area contributed by atoms with Crippen LogP contribution in [0.5, 0.6) is 0 Å². The molecule has 1 saturated heterocycles. The molecule has 1 saturated carbocycles. The van der Waals surface area contributed by atoms with Gasteiger partial charge in [-0.15, -0.1) is 0 Å². The molecule has 2 atom stereocenters. The van der Waals surface area contributed by atoms with Crippen LogP contribution in [0.15, 0.2) is 0 Å². The van der Waals surface area contributed by atoms with E-state index in [1.165, 1.54) is 0 Å². The molecule has 22 heavy (non-hydrogen) atoms. The molecule has 0 aromatic rings. The molecule has 2 aliphatic rings. The summed E-state index contributed by atoms with van der Waals surface area (Å²) in [6.07, 6.45) is 5.57. The van der Waals surface area contributed by atoms with Crippen LogP contribution in [0, 0.1) is 5.92 Å². The van der Waals surface area contributed by atoms with Crippen molar-refractivity contribution in [3.63, 3.8) is 0 Å². The van der Waals surface area contributed by atoms with Gasteiger partial charge in [-0.05, 0) is 39.7 Å². The standard InChI is InChI=1S/C15H29N3O3S/c1-12(16-2)10-17-22(20,21)14-8-5-9-18(11-14)15(19)13-6-3-4-7-13/h12-14,16-17H,3-11H2,1-2H3. The van der Waals surface area contributed by atoms with Gasteiger partial charge >= 0.3 is 0 Å². The van der Waals surface area contributed by atoms with Crippen LogP contribution in [-0.2, 0) is 14.8 Å². The van der Waals surface area contributed by atoms with Crippen LogP contribution in [0.4, 0.5) is 0 Å². The topological polar surface area (TPSA) is 78.5 Å². The van der Waals surface area contributed by atoms with Crippen LogP contribution < -0.4 is 10.0 Å². The van der Waals surface area contributed by atoms with Gasteiger partial charge in [0.15, 0.2) is 0 Å². The number of rotatable bonds is 6. The zero-order chi connectivity index (χ0) is 16.2. The largest absolute Gasteiger partial charge is 0.341 e. The number of likely N-dealkylation sites (tertiary alicyclic amines) is 1. The second-order valence-electron chi connectivity index (χ2n) is 6.61. The van der Waals surface area contributed by atoms with Crippen molar-refractivity contribution in [1.29, 1.82) is 0 Å².